The van der Waals surface area contributed by atoms with Crippen LogP contribution in [0.25, 0.3) is 16.7 Å². The molecule has 0 unspecified atom stereocenters. The van der Waals surface area contributed by atoms with Gasteiger partial charge in [0.15, 0.2) is 0 Å². The Kier molecular flexibility index (Phi) is 3.56. The van der Waals surface area contributed by atoms with Crippen molar-refractivity contribution in [3.8, 4) is 5.69 Å². The zero-order chi connectivity index (χ0) is 14.3. The summed E-state index contributed by atoms with van der Waals surface area (Å²) in [7, 11) is 0. The molecule has 3 nitrogen and oxygen atoms in total. The van der Waals surface area contributed by atoms with Gasteiger partial charge in [-0.25, -0.2) is 4.98 Å². The molecule has 1 aromatic heterocycles. The molecular weight excluding hydrogens is 382 g/mol. The van der Waals surface area contributed by atoms with Gasteiger partial charge in [-0.1, -0.05) is 13.0 Å². The van der Waals surface area contributed by atoms with Gasteiger partial charge in [-0.3, -0.25) is 4.57 Å². The van der Waals surface area contributed by atoms with Crippen LogP contribution in [0.3, 0.4) is 0 Å². The third kappa shape index (κ3) is 2.15. The van der Waals surface area contributed by atoms with Gasteiger partial charge in [0.2, 0.25) is 0 Å². The van der Waals surface area contributed by atoms with Gasteiger partial charge in [0.05, 0.1) is 16.7 Å². The number of benzene rings is 2. The fourth-order valence-electron chi connectivity index (χ4n) is 2.34. The summed E-state index contributed by atoms with van der Waals surface area (Å²) < 4.78 is 4.22. The molecule has 0 aliphatic heterocycles. The van der Waals surface area contributed by atoms with Crippen molar-refractivity contribution < 1.29 is 0 Å². The van der Waals surface area contributed by atoms with Crippen LogP contribution in [-0.4, -0.2) is 9.55 Å². The van der Waals surface area contributed by atoms with Crippen LogP contribution in [0.4, 0.5) is 5.69 Å². The van der Waals surface area contributed by atoms with Crippen LogP contribution in [0.1, 0.15) is 12.7 Å². The molecule has 0 saturated carbocycles. The van der Waals surface area contributed by atoms with Crippen LogP contribution in [0.5, 0.6) is 0 Å². The van der Waals surface area contributed by atoms with E-state index in [2.05, 4.69) is 43.4 Å². The highest BCUT2D eigenvalue weighted by atomic mass is 79.9. The Morgan fingerprint density at radius 2 is 1.85 bits per heavy atom. The number of aryl methyl sites for hydroxylation is 1. The van der Waals surface area contributed by atoms with Crippen molar-refractivity contribution in [3.05, 3.63) is 51.2 Å². The molecule has 0 aliphatic rings. The number of fused-ring (bicyclic) bond motifs is 1. The molecule has 5 heteroatoms. The van der Waals surface area contributed by atoms with Crippen LogP contribution in [0.2, 0.25) is 0 Å². The molecule has 2 N–H and O–H groups in total. The van der Waals surface area contributed by atoms with E-state index in [4.69, 9.17) is 10.7 Å². The summed E-state index contributed by atoms with van der Waals surface area (Å²) in [6.45, 7) is 2.10. The fraction of sp³-hybridized carbons (Fsp3) is 0.133. The van der Waals surface area contributed by atoms with E-state index in [0.717, 1.165) is 43.6 Å². The monoisotopic (exact) mass is 393 g/mol. The lowest BCUT2D eigenvalue weighted by Gasteiger charge is -2.12. The SMILES string of the molecule is CCc1nc2cc(N)ccc2n1-c1c(Br)cccc1Br. The number of nitrogens with zero attached hydrogens (tertiary/aromatic N) is 2. The van der Waals surface area contributed by atoms with Crippen molar-refractivity contribution in [2.24, 2.45) is 0 Å². The predicted octanol–water partition coefficient (Wildman–Crippen LogP) is 4.70. The van der Waals surface area contributed by atoms with Crippen LogP contribution < -0.4 is 5.73 Å². The third-order valence-corrected chi connectivity index (χ3v) is 4.51. The molecule has 0 saturated heterocycles. The zero-order valence-electron chi connectivity index (χ0n) is 10.9. The number of aromatic nitrogens is 2. The maximum Gasteiger partial charge on any atom is 0.114 e. The lowest BCUT2D eigenvalue weighted by molar-refractivity contribution is 0.902. The number of imidazole rings is 1. The highest BCUT2D eigenvalue weighted by molar-refractivity contribution is 9.11. The van der Waals surface area contributed by atoms with Crippen molar-refractivity contribution in [2.75, 3.05) is 5.73 Å². The van der Waals surface area contributed by atoms with E-state index in [-0.39, 0.29) is 0 Å². The van der Waals surface area contributed by atoms with Crippen molar-refractivity contribution in [2.45, 2.75) is 13.3 Å². The van der Waals surface area contributed by atoms with Gasteiger partial charge in [0, 0.05) is 21.1 Å². The Morgan fingerprint density at radius 1 is 1.15 bits per heavy atom. The topological polar surface area (TPSA) is 43.8 Å². The second-order valence-corrected chi connectivity index (χ2v) is 6.24. The summed E-state index contributed by atoms with van der Waals surface area (Å²) in [4.78, 5) is 4.69. The number of hydrogen-bond acceptors (Lipinski definition) is 2. The standard InChI is InChI=1S/C15H13Br2N3/c1-2-14-19-12-8-9(18)6-7-13(12)20(14)15-10(16)4-3-5-11(15)17/h3-8H,2,18H2,1H3. The van der Waals surface area contributed by atoms with Crippen molar-refractivity contribution >= 4 is 48.6 Å². The molecule has 0 bridgehead atoms. The van der Waals surface area contributed by atoms with Crippen LogP contribution in [-0.2, 0) is 6.42 Å². The van der Waals surface area contributed by atoms with Crippen LogP contribution in [0, 0.1) is 0 Å². The molecule has 0 fully saturated rings. The van der Waals surface area contributed by atoms with E-state index in [1.165, 1.54) is 0 Å². The number of hydrogen-bond donors (Lipinski definition) is 1. The van der Waals surface area contributed by atoms with Gasteiger partial charge in [0.25, 0.3) is 0 Å². The van der Waals surface area contributed by atoms with Gasteiger partial charge in [-0.2, -0.15) is 0 Å². The number of nitrogens with two attached hydrogens (primary N) is 1. The zero-order valence-corrected chi connectivity index (χ0v) is 14.1. The van der Waals surface area contributed by atoms with Crippen molar-refractivity contribution in [1.82, 2.24) is 9.55 Å². The fourth-order valence-corrected chi connectivity index (χ4v) is 3.69. The van der Waals surface area contributed by atoms with Crippen LogP contribution >= 0.6 is 31.9 Å². The number of rotatable bonds is 2. The first-order valence-electron chi connectivity index (χ1n) is 6.33. The molecule has 0 spiro atoms. The first-order chi connectivity index (χ1) is 9.61. The first-order valence-corrected chi connectivity index (χ1v) is 7.91. The van der Waals surface area contributed by atoms with Gasteiger partial charge >= 0.3 is 0 Å². The van der Waals surface area contributed by atoms with E-state index in [1.54, 1.807) is 0 Å². The summed E-state index contributed by atoms with van der Waals surface area (Å²) >= 11 is 7.26. The Labute approximate surface area is 134 Å². The Morgan fingerprint density at radius 3 is 2.50 bits per heavy atom. The molecule has 3 rings (SSSR count). The largest absolute Gasteiger partial charge is 0.399 e. The Hall–Kier alpha value is -1.33. The average Bonchev–Trinajstić information content (AvgIpc) is 2.76. The second kappa shape index (κ2) is 5.22. The number of anilines is 1. The van der Waals surface area contributed by atoms with Gasteiger partial charge in [-0.05, 0) is 62.2 Å². The van der Waals surface area contributed by atoms with Gasteiger partial charge in [-0.15, -0.1) is 0 Å². The summed E-state index contributed by atoms with van der Waals surface area (Å²) in [5.74, 6) is 1.01. The smallest absolute Gasteiger partial charge is 0.114 e. The molecule has 20 heavy (non-hydrogen) atoms. The minimum Gasteiger partial charge on any atom is -0.399 e. The highest BCUT2D eigenvalue weighted by Crippen LogP contribution is 2.33. The molecule has 1 heterocycles. The summed E-state index contributed by atoms with van der Waals surface area (Å²) in [6, 6.07) is 11.9. The number of nitrogen functional groups attached to an aromatic ring is 1. The summed E-state index contributed by atoms with van der Waals surface area (Å²) in [5.41, 5.74) is 9.63. The predicted molar refractivity (Wildman–Crippen MR) is 90.3 cm³/mol. The van der Waals surface area contributed by atoms with E-state index in [9.17, 15) is 0 Å². The normalized spacial score (nSPS) is 11.2. The Balaban J connectivity index is 2.40. The summed E-state index contributed by atoms with van der Waals surface area (Å²) in [5, 5.41) is 0. The van der Waals surface area contributed by atoms with E-state index in [1.807, 2.05) is 36.4 Å². The average molecular weight is 395 g/mol. The Bertz CT molecular complexity index is 773. The molecule has 0 amide bonds. The molecule has 0 aliphatic carbocycles. The lowest BCUT2D eigenvalue weighted by atomic mass is 10.2. The molecule has 2 aromatic carbocycles. The third-order valence-electron chi connectivity index (χ3n) is 3.23. The molecule has 3 aromatic rings. The summed E-state index contributed by atoms with van der Waals surface area (Å²) in [6.07, 6.45) is 0.850. The maximum absolute atomic E-state index is 5.86. The second-order valence-electron chi connectivity index (χ2n) is 4.54. The van der Waals surface area contributed by atoms with Crippen molar-refractivity contribution in [3.63, 3.8) is 0 Å². The molecule has 102 valence electrons. The molecule has 0 atom stereocenters. The van der Waals surface area contributed by atoms with Crippen molar-refractivity contribution in [1.29, 1.82) is 0 Å². The number of para-hydroxylation sites is 1. The maximum atomic E-state index is 5.86. The molecular formula is C15H13Br2N3. The van der Waals surface area contributed by atoms with E-state index in [0.29, 0.717) is 0 Å². The van der Waals surface area contributed by atoms with Crippen LogP contribution in [0.15, 0.2) is 45.3 Å². The van der Waals surface area contributed by atoms with E-state index < -0.39 is 0 Å². The quantitative estimate of drug-likeness (QED) is 0.640. The minimum absolute atomic E-state index is 0.732. The van der Waals surface area contributed by atoms with Gasteiger partial charge < -0.3 is 5.73 Å². The minimum atomic E-state index is 0.732. The highest BCUT2D eigenvalue weighted by Gasteiger charge is 2.15. The number of halogens is 2. The molecule has 0 radical (unpaired) electrons. The van der Waals surface area contributed by atoms with Gasteiger partial charge in [0.1, 0.15) is 5.82 Å². The lowest BCUT2D eigenvalue weighted by Crippen LogP contribution is -2.02. The van der Waals surface area contributed by atoms with E-state index >= 15 is 0 Å². The first kappa shape index (κ1) is 13.6.